The van der Waals surface area contributed by atoms with Gasteiger partial charge in [-0.05, 0) is 25.8 Å². The molecule has 0 aliphatic carbocycles. The van der Waals surface area contributed by atoms with Gasteiger partial charge in [-0.3, -0.25) is 0 Å². The van der Waals surface area contributed by atoms with Gasteiger partial charge in [0.2, 0.25) is 0 Å². The summed E-state index contributed by atoms with van der Waals surface area (Å²) in [7, 11) is 0. The van der Waals surface area contributed by atoms with Crippen LogP contribution in [0, 0.1) is 11.7 Å². The summed E-state index contributed by atoms with van der Waals surface area (Å²) in [4.78, 5) is 2.02. The Labute approximate surface area is 109 Å². The first-order valence-corrected chi connectivity index (χ1v) is 6.72. The van der Waals surface area contributed by atoms with Gasteiger partial charge in [0.05, 0.1) is 11.8 Å². The minimum Gasteiger partial charge on any atom is -0.389 e. The highest BCUT2D eigenvalue weighted by Gasteiger charge is 2.18. The molecule has 2 nitrogen and oxygen atoms in total. The van der Waals surface area contributed by atoms with Crippen molar-refractivity contribution in [1.29, 1.82) is 0 Å². The van der Waals surface area contributed by atoms with Crippen LogP contribution in [0.3, 0.4) is 0 Å². The molecule has 1 rings (SSSR count). The van der Waals surface area contributed by atoms with Crippen molar-refractivity contribution in [3.05, 3.63) is 29.6 Å². The zero-order valence-corrected chi connectivity index (χ0v) is 11.8. The van der Waals surface area contributed by atoms with Crippen LogP contribution in [-0.4, -0.2) is 18.2 Å². The fourth-order valence-electron chi connectivity index (χ4n) is 2.09. The van der Waals surface area contributed by atoms with Crippen molar-refractivity contribution in [3.8, 4) is 0 Å². The van der Waals surface area contributed by atoms with Crippen LogP contribution in [0.25, 0.3) is 0 Å². The Morgan fingerprint density at radius 1 is 1.28 bits per heavy atom. The van der Waals surface area contributed by atoms with Crippen LogP contribution in [0.1, 0.15) is 45.8 Å². The van der Waals surface area contributed by atoms with Gasteiger partial charge < -0.3 is 10.0 Å². The molecule has 1 aromatic carbocycles. The average molecular weight is 253 g/mol. The van der Waals surface area contributed by atoms with Crippen LogP contribution in [0.5, 0.6) is 0 Å². The molecule has 102 valence electrons. The molecule has 1 N–H and O–H groups in total. The Kier molecular flexibility index (Phi) is 5.60. The first-order chi connectivity index (χ1) is 8.51. The first kappa shape index (κ1) is 15.0. The number of hydrogen-bond acceptors (Lipinski definition) is 2. The number of hydrogen-bond donors (Lipinski definition) is 1. The molecule has 0 aliphatic rings. The molecular formula is C15H24FNO. The van der Waals surface area contributed by atoms with E-state index >= 15 is 0 Å². The SMILES string of the molecule is CCC(C)CN(CC)c1c(F)cccc1[C@H](C)O. The maximum Gasteiger partial charge on any atom is 0.146 e. The third-order valence-electron chi connectivity index (χ3n) is 3.40. The quantitative estimate of drug-likeness (QED) is 0.834. The summed E-state index contributed by atoms with van der Waals surface area (Å²) < 4.78 is 14.0. The number of rotatable bonds is 6. The molecule has 0 amide bonds. The molecule has 0 fully saturated rings. The number of anilines is 1. The lowest BCUT2D eigenvalue weighted by Gasteiger charge is -2.29. The number of nitrogens with zero attached hydrogens (tertiary/aromatic N) is 1. The zero-order valence-electron chi connectivity index (χ0n) is 11.8. The maximum atomic E-state index is 14.0. The molecular weight excluding hydrogens is 229 g/mol. The average Bonchev–Trinajstić information content (AvgIpc) is 2.35. The number of halogens is 1. The third kappa shape index (κ3) is 3.45. The van der Waals surface area contributed by atoms with Crippen LogP contribution < -0.4 is 4.90 Å². The second-order valence-corrected chi connectivity index (χ2v) is 4.91. The van der Waals surface area contributed by atoms with E-state index in [2.05, 4.69) is 13.8 Å². The highest BCUT2D eigenvalue weighted by Crippen LogP contribution is 2.30. The Bertz CT molecular complexity index is 379. The van der Waals surface area contributed by atoms with Crippen molar-refractivity contribution >= 4 is 5.69 Å². The monoisotopic (exact) mass is 253 g/mol. The fraction of sp³-hybridized carbons (Fsp3) is 0.600. The Hall–Kier alpha value is -1.09. The van der Waals surface area contributed by atoms with E-state index in [4.69, 9.17) is 0 Å². The van der Waals surface area contributed by atoms with Gasteiger partial charge in [-0.25, -0.2) is 4.39 Å². The molecule has 18 heavy (non-hydrogen) atoms. The Morgan fingerprint density at radius 2 is 1.94 bits per heavy atom. The van der Waals surface area contributed by atoms with Crippen molar-refractivity contribution in [2.24, 2.45) is 5.92 Å². The van der Waals surface area contributed by atoms with E-state index in [1.54, 1.807) is 19.1 Å². The molecule has 0 radical (unpaired) electrons. The van der Waals surface area contributed by atoms with Gasteiger partial charge in [0, 0.05) is 18.7 Å². The van der Waals surface area contributed by atoms with E-state index in [0.717, 1.165) is 19.5 Å². The lowest BCUT2D eigenvalue weighted by atomic mass is 10.0. The minimum absolute atomic E-state index is 0.251. The predicted octanol–water partition coefficient (Wildman–Crippen LogP) is 3.75. The second-order valence-electron chi connectivity index (χ2n) is 4.91. The van der Waals surface area contributed by atoms with Crippen molar-refractivity contribution in [1.82, 2.24) is 0 Å². The van der Waals surface area contributed by atoms with Crippen molar-refractivity contribution in [2.75, 3.05) is 18.0 Å². The van der Waals surface area contributed by atoms with Gasteiger partial charge >= 0.3 is 0 Å². The smallest absolute Gasteiger partial charge is 0.146 e. The van der Waals surface area contributed by atoms with Crippen molar-refractivity contribution < 1.29 is 9.50 Å². The summed E-state index contributed by atoms with van der Waals surface area (Å²) in [6, 6.07) is 4.90. The Morgan fingerprint density at radius 3 is 2.44 bits per heavy atom. The standard InChI is InChI=1S/C15H24FNO/c1-5-11(3)10-17(6-2)15-13(12(4)18)8-7-9-14(15)16/h7-9,11-12,18H,5-6,10H2,1-4H3/t11?,12-/m0/s1. The van der Waals surface area contributed by atoms with Crippen LogP contribution >= 0.6 is 0 Å². The topological polar surface area (TPSA) is 23.5 Å². The molecule has 0 spiro atoms. The van der Waals surface area contributed by atoms with E-state index in [1.165, 1.54) is 6.07 Å². The number of benzene rings is 1. The first-order valence-electron chi connectivity index (χ1n) is 6.72. The Balaban J connectivity index is 3.11. The van der Waals surface area contributed by atoms with E-state index < -0.39 is 6.10 Å². The van der Waals surface area contributed by atoms with E-state index in [1.807, 2.05) is 11.8 Å². The lowest BCUT2D eigenvalue weighted by Crippen LogP contribution is -2.30. The van der Waals surface area contributed by atoms with Crippen LogP contribution in [0.2, 0.25) is 0 Å². The normalized spacial score (nSPS) is 14.3. The maximum absolute atomic E-state index is 14.0. The number of aliphatic hydroxyl groups is 1. The van der Waals surface area contributed by atoms with Crippen LogP contribution in [-0.2, 0) is 0 Å². The van der Waals surface area contributed by atoms with Gasteiger partial charge in [-0.1, -0.05) is 32.4 Å². The van der Waals surface area contributed by atoms with Gasteiger partial charge in [0.1, 0.15) is 5.82 Å². The largest absolute Gasteiger partial charge is 0.389 e. The molecule has 1 unspecified atom stereocenters. The number of aliphatic hydroxyl groups excluding tert-OH is 1. The molecule has 0 heterocycles. The van der Waals surface area contributed by atoms with Gasteiger partial charge in [0.15, 0.2) is 0 Å². The van der Waals surface area contributed by atoms with Gasteiger partial charge in [-0.2, -0.15) is 0 Å². The van der Waals surface area contributed by atoms with Crippen LogP contribution in [0.4, 0.5) is 10.1 Å². The molecule has 3 heteroatoms. The summed E-state index contributed by atoms with van der Waals surface area (Å²) in [5.74, 6) is 0.255. The second kappa shape index (κ2) is 6.74. The minimum atomic E-state index is -0.651. The highest BCUT2D eigenvalue weighted by atomic mass is 19.1. The summed E-state index contributed by atoms with van der Waals surface area (Å²) in [6.07, 6.45) is 0.413. The van der Waals surface area contributed by atoms with Gasteiger partial charge in [-0.15, -0.1) is 0 Å². The third-order valence-corrected chi connectivity index (χ3v) is 3.40. The summed E-state index contributed by atoms with van der Waals surface area (Å²) in [5, 5.41) is 9.77. The summed E-state index contributed by atoms with van der Waals surface area (Å²) >= 11 is 0. The molecule has 0 saturated heterocycles. The van der Waals surface area contributed by atoms with Crippen molar-refractivity contribution in [2.45, 2.75) is 40.2 Å². The molecule has 0 saturated carbocycles. The highest BCUT2D eigenvalue weighted by molar-refractivity contribution is 5.55. The summed E-state index contributed by atoms with van der Waals surface area (Å²) in [5.41, 5.74) is 1.22. The molecule has 1 aromatic rings. The zero-order chi connectivity index (χ0) is 13.7. The summed E-state index contributed by atoms with van der Waals surface area (Å²) in [6.45, 7) is 9.54. The van der Waals surface area contributed by atoms with Crippen LogP contribution in [0.15, 0.2) is 18.2 Å². The van der Waals surface area contributed by atoms with Gasteiger partial charge in [0.25, 0.3) is 0 Å². The lowest BCUT2D eigenvalue weighted by molar-refractivity contribution is 0.199. The molecule has 0 aliphatic heterocycles. The van der Waals surface area contributed by atoms with Crippen molar-refractivity contribution in [3.63, 3.8) is 0 Å². The van der Waals surface area contributed by atoms with E-state index in [9.17, 15) is 9.50 Å². The molecule has 0 aromatic heterocycles. The van der Waals surface area contributed by atoms with E-state index in [-0.39, 0.29) is 5.82 Å². The van der Waals surface area contributed by atoms with E-state index in [0.29, 0.717) is 17.2 Å². The number of para-hydroxylation sites is 1. The molecule has 2 atom stereocenters. The fourth-order valence-corrected chi connectivity index (χ4v) is 2.09. The predicted molar refractivity (Wildman–Crippen MR) is 74.4 cm³/mol. The molecule has 0 bridgehead atoms.